The molecular weight excluding hydrogens is 476 g/mol. The molecule has 0 aliphatic heterocycles. The Labute approximate surface area is 166 Å². The molecule has 21 heavy (non-hydrogen) atoms. The molecular formula is C19H24OTh-. The van der Waals surface area contributed by atoms with Crippen molar-refractivity contribution in [3.8, 4) is 0 Å². The number of aliphatic hydroxyl groups excluding tert-OH is 1. The molecule has 1 N–H and O–H groups in total. The summed E-state index contributed by atoms with van der Waals surface area (Å²) in [5, 5.41) is 8.02. The molecule has 0 saturated heterocycles. The molecule has 0 aromatic heterocycles. The van der Waals surface area contributed by atoms with Crippen LogP contribution in [0.15, 0.2) is 0 Å². The van der Waals surface area contributed by atoms with Gasteiger partial charge in [-0.2, -0.15) is 5.92 Å². The molecule has 0 atom stereocenters. The maximum Gasteiger partial charge on any atom is 0 e. The molecule has 3 aliphatic carbocycles. The van der Waals surface area contributed by atoms with Crippen molar-refractivity contribution in [2.24, 2.45) is 5.92 Å². The topological polar surface area (TPSA) is 20.2 Å². The summed E-state index contributed by atoms with van der Waals surface area (Å²) in [4.78, 5) is 0. The third-order valence-corrected chi connectivity index (χ3v) is 1.96. The first kappa shape index (κ1) is 24.5. The van der Waals surface area contributed by atoms with Crippen molar-refractivity contribution in [1.29, 1.82) is 0 Å². The van der Waals surface area contributed by atoms with Crippen LogP contribution in [-0.4, -0.2) is 5.11 Å². The van der Waals surface area contributed by atoms with E-state index in [2.05, 4.69) is 0 Å². The van der Waals surface area contributed by atoms with Gasteiger partial charge in [-0.1, -0.05) is 13.8 Å². The van der Waals surface area contributed by atoms with Crippen LogP contribution in [0.1, 0.15) is 13.8 Å². The van der Waals surface area contributed by atoms with Crippen molar-refractivity contribution < 1.29 is 45.0 Å². The van der Waals surface area contributed by atoms with E-state index >= 15 is 0 Å². The van der Waals surface area contributed by atoms with Gasteiger partial charge in [-0.3, -0.25) is 0 Å². The second-order valence-electron chi connectivity index (χ2n) is 4.28. The molecule has 0 aromatic rings. The normalized spacial score (nSPS) is 19.4. The Kier molecular flexibility index (Phi) is 24.9. The van der Waals surface area contributed by atoms with Crippen molar-refractivity contribution in [1.82, 2.24) is 0 Å². The van der Waals surface area contributed by atoms with Gasteiger partial charge in [0, 0.05) is 39.9 Å². The first-order valence-electron chi connectivity index (χ1n) is 6.75. The van der Waals surface area contributed by atoms with Crippen LogP contribution in [0.25, 0.3) is 0 Å². The zero-order chi connectivity index (χ0) is 14.9. The van der Waals surface area contributed by atoms with Gasteiger partial charge in [-0.25, -0.2) is 6.61 Å². The van der Waals surface area contributed by atoms with Gasteiger partial charge in [0.05, 0.1) is 0 Å². The molecule has 3 fully saturated rings. The predicted molar refractivity (Wildman–Crippen MR) is 85.6 cm³/mol. The van der Waals surface area contributed by atoms with Crippen LogP contribution in [-0.2, 0) is 0 Å². The van der Waals surface area contributed by atoms with Gasteiger partial charge in [0.1, 0.15) is 0 Å². The maximum absolute atomic E-state index is 8.02. The minimum Gasteiger partial charge on any atom is -0.566 e. The van der Waals surface area contributed by atoms with Crippen LogP contribution in [0.2, 0.25) is 0 Å². The van der Waals surface area contributed by atoms with Crippen LogP contribution in [0.3, 0.4) is 0 Å². The van der Waals surface area contributed by atoms with Gasteiger partial charge in [0.15, 0.2) is 0 Å². The Balaban J connectivity index is 0. The van der Waals surface area contributed by atoms with Crippen molar-refractivity contribution >= 4 is 0 Å². The quantitative estimate of drug-likeness (QED) is 0.535. The molecule has 2 heteroatoms. The van der Waals surface area contributed by atoms with Crippen LogP contribution in [0.4, 0.5) is 0 Å². The van der Waals surface area contributed by atoms with Crippen molar-refractivity contribution in [2.45, 2.75) is 13.8 Å². The first-order chi connectivity index (χ1) is 9.77. The van der Waals surface area contributed by atoms with E-state index in [1.807, 2.05) is 110 Å². The van der Waals surface area contributed by atoms with E-state index in [-0.39, 0.29) is 39.9 Å². The number of rotatable bonds is 1. The van der Waals surface area contributed by atoms with Crippen LogP contribution in [0, 0.1) is 149 Å². The van der Waals surface area contributed by atoms with Gasteiger partial charge >= 0.3 is 0 Å². The Hall–Kier alpha value is 1.28. The SMILES string of the molecule is CC(C)[CH-]O.[CH]1[CH][CH][CH][CH]1.[CH]1[CH][CH][CH][CH]1.[CH]1[CH][CH][CH][CH]1.[Th]. The van der Waals surface area contributed by atoms with Crippen molar-refractivity contribution in [3.05, 3.63) is 103 Å². The summed E-state index contributed by atoms with van der Waals surface area (Å²) in [7, 11) is 0. The fourth-order valence-corrected chi connectivity index (χ4v) is 0.962. The Bertz CT molecular complexity index is 112. The third kappa shape index (κ3) is 23.7. The van der Waals surface area contributed by atoms with Crippen molar-refractivity contribution in [2.75, 3.05) is 0 Å². The molecule has 3 saturated carbocycles. The zero-order valence-corrected chi connectivity index (χ0v) is 16.9. The molecule has 0 heterocycles. The average Bonchev–Trinajstić information content (AvgIpc) is 3.27. The molecule has 15 radical (unpaired) electrons. The second-order valence-corrected chi connectivity index (χ2v) is 4.28. The summed E-state index contributed by atoms with van der Waals surface area (Å²) in [5.41, 5.74) is 0. The minimum atomic E-state index is 0. The molecule has 3 aliphatic rings. The summed E-state index contributed by atoms with van der Waals surface area (Å²) in [6, 6.07) is 0. The van der Waals surface area contributed by atoms with Gasteiger partial charge < -0.3 is 5.11 Å². The van der Waals surface area contributed by atoms with Gasteiger partial charge in [0.2, 0.25) is 0 Å². The zero-order valence-electron chi connectivity index (χ0n) is 12.8. The predicted octanol–water partition coefficient (Wildman–Crippen LogP) is 4.24. The summed E-state index contributed by atoms with van der Waals surface area (Å²) < 4.78 is 0. The Morgan fingerprint density at radius 1 is 0.524 bits per heavy atom. The summed E-state index contributed by atoms with van der Waals surface area (Å²) in [6.45, 7) is 5.00. The van der Waals surface area contributed by atoms with E-state index in [1.165, 1.54) is 6.61 Å². The van der Waals surface area contributed by atoms with Gasteiger partial charge in [-0.05, 0) is 96.3 Å². The van der Waals surface area contributed by atoms with E-state index in [9.17, 15) is 0 Å². The van der Waals surface area contributed by atoms with Crippen LogP contribution in [0.5, 0.6) is 0 Å². The molecule has 0 amide bonds. The van der Waals surface area contributed by atoms with Gasteiger partial charge in [-0.15, -0.1) is 0 Å². The Morgan fingerprint density at radius 2 is 0.619 bits per heavy atom. The number of hydrogen-bond donors (Lipinski definition) is 1. The largest absolute Gasteiger partial charge is 0.566 e. The molecule has 0 bridgehead atoms. The third-order valence-electron chi connectivity index (χ3n) is 1.96. The summed E-state index contributed by atoms with van der Waals surface area (Å²) in [5.74, 6) is 0.315. The monoisotopic (exact) mass is 500 g/mol. The molecule has 111 valence electrons. The van der Waals surface area contributed by atoms with E-state index in [4.69, 9.17) is 5.11 Å². The fourth-order valence-electron chi connectivity index (χ4n) is 0.962. The number of aliphatic hydroxyl groups is 1. The maximum atomic E-state index is 8.02. The first-order valence-corrected chi connectivity index (χ1v) is 6.75. The second kappa shape index (κ2) is 21.3. The van der Waals surface area contributed by atoms with E-state index in [1.54, 1.807) is 0 Å². The summed E-state index contributed by atoms with van der Waals surface area (Å²) >= 11 is 0. The molecule has 0 unspecified atom stereocenters. The number of hydrogen-bond acceptors (Lipinski definition) is 1. The van der Waals surface area contributed by atoms with Gasteiger partial charge in [0.25, 0.3) is 0 Å². The van der Waals surface area contributed by atoms with E-state index in [0.29, 0.717) is 5.92 Å². The average molecular weight is 500 g/mol. The minimum absolute atomic E-state index is 0. The molecule has 0 aromatic carbocycles. The van der Waals surface area contributed by atoms with E-state index in [0.717, 1.165) is 0 Å². The molecule has 0 spiro atoms. The van der Waals surface area contributed by atoms with Crippen molar-refractivity contribution in [3.63, 3.8) is 0 Å². The Morgan fingerprint density at radius 3 is 0.667 bits per heavy atom. The van der Waals surface area contributed by atoms with E-state index < -0.39 is 0 Å². The van der Waals surface area contributed by atoms with Crippen LogP contribution >= 0.6 is 0 Å². The van der Waals surface area contributed by atoms with Crippen LogP contribution < -0.4 is 0 Å². The molecule has 3 rings (SSSR count). The molecule has 1 nitrogen and oxygen atoms in total. The summed E-state index contributed by atoms with van der Waals surface area (Å²) in [6.07, 6.45) is 30.0. The smallest absolute Gasteiger partial charge is 0 e. The standard InChI is InChI=1S/3C5H5.C4H9O.Th/c3*1-2-4-5-3-1;1-4(2)3-5;/h3*1-5H;3-5H,1-2H3;/q;;;-1;. The fraction of sp³-hybridized carbons (Fsp3) is 0.158.